The zero-order chi connectivity index (χ0) is 20.4. The molecule has 1 amide bonds. The third-order valence-electron chi connectivity index (χ3n) is 5.68. The lowest BCUT2D eigenvalue weighted by molar-refractivity contribution is -0.114. The van der Waals surface area contributed by atoms with Crippen LogP contribution in [0.3, 0.4) is 0 Å². The second-order valence-electron chi connectivity index (χ2n) is 7.53. The van der Waals surface area contributed by atoms with Crippen molar-refractivity contribution in [3.8, 4) is 17.3 Å². The molecule has 1 fully saturated rings. The second kappa shape index (κ2) is 7.84. The highest BCUT2D eigenvalue weighted by molar-refractivity contribution is 6.00. The Morgan fingerprint density at radius 3 is 2.48 bits per heavy atom. The molecule has 5 nitrogen and oxygen atoms in total. The van der Waals surface area contributed by atoms with Crippen molar-refractivity contribution >= 4 is 28.4 Å². The molecule has 0 radical (unpaired) electrons. The molecule has 2 heterocycles. The van der Waals surface area contributed by atoms with Crippen molar-refractivity contribution in [3.05, 3.63) is 59.8 Å². The van der Waals surface area contributed by atoms with E-state index in [0.29, 0.717) is 0 Å². The van der Waals surface area contributed by atoms with E-state index >= 15 is 0 Å². The summed E-state index contributed by atoms with van der Waals surface area (Å²) >= 11 is 0. The lowest BCUT2D eigenvalue weighted by Crippen LogP contribution is -2.29. The van der Waals surface area contributed by atoms with E-state index in [4.69, 9.17) is 11.0 Å². The zero-order valence-electron chi connectivity index (χ0n) is 16.6. The van der Waals surface area contributed by atoms with Crippen molar-refractivity contribution in [1.29, 1.82) is 5.26 Å². The van der Waals surface area contributed by atoms with Gasteiger partial charge in [0.15, 0.2) is 0 Å². The minimum absolute atomic E-state index is 0.0542. The molecular weight excluding hydrogens is 360 g/mol. The van der Waals surface area contributed by atoms with Gasteiger partial charge in [0.25, 0.3) is 5.91 Å². The van der Waals surface area contributed by atoms with Gasteiger partial charge in [-0.25, -0.2) is 0 Å². The number of aromatic nitrogens is 1. The molecular formula is C24H24N4O. The van der Waals surface area contributed by atoms with Crippen LogP contribution in [0.15, 0.2) is 54.1 Å². The van der Waals surface area contributed by atoms with E-state index in [9.17, 15) is 4.79 Å². The molecule has 29 heavy (non-hydrogen) atoms. The number of carbonyl (C=O) groups excluding carboxylic acids is 1. The van der Waals surface area contributed by atoms with Gasteiger partial charge in [-0.15, -0.1) is 0 Å². The fourth-order valence-electron chi connectivity index (χ4n) is 4.01. The average Bonchev–Trinajstić information content (AvgIpc) is 3.11. The molecule has 4 rings (SSSR count). The van der Waals surface area contributed by atoms with Gasteiger partial charge >= 0.3 is 0 Å². The van der Waals surface area contributed by atoms with Crippen molar-refractivity contribution in [3.63, 3.8) is 0 Å². The van der Waals surface area contributed by atoms with Crippen LogP contribution in [0.2, 0.25) is 0 Å². The second-order valence-corrected chi connectivity index (χ2v) is 7.53. The molecule has 2 aromatic carbocycles. The van der Waals surface area contributed by atoms with Gasteiger partial charge in [0.2, 0.25) is 0 Å². The molecule has 0 atom stereocenters. The van der Waals surface area contributed by atoms with Crippen LogP contribution in [0.5, 0.6) is 0 Å². The predicted octanol–water partition coefficient (Wildman–Crippen LogP) is 4.23. The van der Waals surface area contributed by atoms with Crippen molar-refractivity contribution < 1.29 is 4.79 Å². The maximum absolute atomic E-state index is 11.3. The summed E-state index contributed by atoms with van der Waals surface area (Å²) in [4.78, 5) is 13.8. The summed E-state index contributed by atoms with van der Waals surface area (Å²) in [5.41, 5.74) is 9.35. The Labute approximate surface area is 170 Å². The highest BCUT2D eigenvalue weighted by atomic mass is 16.1. The SMILES string of the molecule is Cn1c(/C=C(\C#N)C(N)=O)ccc1-c1ccc2cc(N3CCCCC3)ccc2c1. The summed E-state index contributed by atoms with van der Waals surface area (Å²) in [6.07, 6.45) is 5.39. The summed E-state index contributed by atoms with van der Waals surface area (Å²) in [5.74, 6) is -0.717. The Morgan fingerprint density at radius 2 is 1.76 bits per heavy atom. The summed E-state index contributed by atoms with van der Waals surface area (Å²) in [6, 6.07) is 18.9. The highest BCUT2D eigenvalue weighted by Crippen LogP contribution is 2.29. The molecule has 0 saturated carbocycles. The first kappa shape index (κ1) is 18.8. The normalized spacial score (nSPS) is 14.8. The number of amides is 1. The first-order valence-electron chi connectivity index (χ1n) is 9.93. The topological polar surface area (TPSA) is 75.0 Å². The molecule has 0 aliphatic carbocycles. The Kier molecular flexibility index (Phi) is 5.09. The van der Waals surface area contributed by atoms with Crippen LogP contribution >= 0.6 is 0 Å². The number of nitriles is 1. The molecule has 3 aromatic rings. The van der Waals surface area contributed by atoms with Gasteiger partial charge in [-0.1, -0.05) is 18.2 Å². The number of anilines is 1. The van der Waals surface area contributed by atoms with Gasteiger partial charge in [-0.05, 0) is 72.0 Å². The Hall–Kier alpha value is -3.52. The highest BCUT2D eigenvalue weighted by Gasteiger charge is 2.12. The molecule has 5 heteroatoms. The van der Waals surface area contributed by atoms with Crippen LogP contribution in [0.25, 0.3) is 28.1 Å². The number of hydrogen-bond donors (Lipinski definition) is 1. The molecule has 146 valence electrons. The zero-order valence-corrected chi connectivity index (χ0v) is 16.6. The molecule has 1 aliphatic heterocycles. The minimum Gasteiger partial charge on any atom is -0.372 e. The van der Waals surface area contributed by atoms with Crippen molar-refractivity contribution in [2.75, 3.05) is 18.0 Å². The number of carbonyl (C=O) groups is 1. The third-order valence-corrected chi connectivity index (χ3v) is 5.68. The van der Waals surface area contributed by atoms with E-state index in [-0.39, 0.29) is 5.57 Å². The smallest absolute Gasteiger partial charge is 0.259 e. The van der Waals surface area contributed by atoms with E-state index in [1.807, 2.05) is 29.8 Å². The van der Waals surface area contributed by atoms with Gasteiger partial charge < -0.3 is 15.2 Å². The van der Waals surface area contributed by atoms with Crippen LogP contribution in [-0.4, -0.2) is 23.6 Å². The first-order valence-corrected chi connectivity index (χ1v) is 9.93. The van der Waals surface area contributed by atoms with E-state index in [1.54, 1.807) is 0 Å². The molecule has 0 unspecified atom stereocenters. The lowest BCUT2D eigenvalue weighted by atomic mass is 10.0. The predicted molar refractivity (Wildman–Crippen MR) is 117 cm³/mol. The molecule has 0 bridgehead atoms. The number of fused-ring (bicyclic) bond motifs is 1. The first-order chi connectivity index (χ1) is 14.1. The van der Waals surface area contributed by atoms with Crippen LogP contribution in [-0.2, 0) is 11.8 Å². The standard InChI is InChI=1S/C24H24N4O/c1-27-21(15-20(16-25)24(26)29)9-10-23(27)19-6-5-18-14-22(8-7-17(18)13-19)28-11-3-2-4-12-28/h5-10,13-15H,2-4,11-12H2,1H3,(H2,26,29)/b20-15+. The minimum atomic E-state index is -0.717. The molecule has 1 aliphatic rings. The van der Waals surface area contributed by atoms with Gasteiger partial charge in [0.1, 0.15) is 11.6 Å². The van der Waals surface area contributed by atoms with E-state index < -0.39 is 5.91 Å². The quantitative estimate of drug-likeness (QED) is 0.540. The van der Waals surface area contributed by atoms with Gasteiger partial charge in [0, 0.05) is 37.2 Å². The largest absolute Gasteiger partial charge is 0.372 e. The fraction of sp³-hybridized carbons (Fsp3) is 0.250. The van der Waals surface area contributed by atoms with Gasteiger partial charge in [-0.3, -0.25) is 4.79 Å². The van der Waals surface area contributed by atoms with Crippen LogP contribution in [0.4, 0.5) is 5.69 Å². The Bertz CT molecular complexity index is 1140. The molecule has 2 N–H and O–H groups in total. The Morgan fingerprint density at radius 1 is 1.03 bits per heavy atom. The molecule has 0 spiro atoms. The van der Waals surface area contributed by atoms with Crippen LogP contribution in [0, 0.1) is 11.3 Å². The monoisotopic (exact) mass is 384 g/mol. The fourth-order valence-corrected chi connectivity index (χ4v) is 4.01. The number of primary amides is 1. The number of nitrogens with two attached hydrogens (primary N) is 1. The Balaban J connectivity index is 1.67. The van der Waals surface area contributed by atoms with Crippen molar-refractivity contribution in [1.82, 2.24) is 4.57 Å². The maximum atomic E-state index is 11.3. The van der Waals surface area contributed by atoms with Crippen LogP contribution < -0.4 is 10.6 Å². The van der Waals surface area contributed by atoms with E-state index in [0.717, 1.165) is 30.0 Å². The van der Waals surface area contributed by atoms with Crippen molar-refractivity contribution in [2.45, 2.75) is 19.3 Å². The summed E-state index contributed by atoms with van der Waals surface area (Å²) < 4.78 is 1.96. The summed E-state index contributed by atoms with van der Waals surface area (Å²) in [7, 11) is 1.92. The number of hydrogen-bond acceptors (Lipinski definition) is 3. The van der Waals surface area contributed by atoms with Crippen molar-refractivity contribution in [2.24, 2.45) is 12.8 Å². The molecule has 1 saturated heterocycles. The van der Waals surface area contributed by atoms with E-state index in [2.05, 4.69) is 41.3 Å². The van der Waals surface area contributed by atoms with Crippen LogP contribution in [0.1, 0.15) is 25.0 Å². The maximum Gasteiger partial charge on any atom is 0.259 e. The molecule has 1 aromatic heterocycles. The van der Waals surface area contributed by atoms with E-state index in [1.165, 1.54) is 41.8 Å². The average molecular weight is 384 g/mol. The number of nitrogens with zero attached hydrogens (tertiary/aromatic N) is 3. The lowest BCUT2D eigenvalue weighted by Gasteiger charge is -2.29. The number of benzene rings is 2. The third kappa shape index (κ3) is 3.74. The number of rotatable bonds is 4. The number of piperidine rings is 1. The summed E-state index contributed by atoms with van der Waals surface area (Å²) in [6.45, 7) is 2.28. The van der Waals surface area contributed by atoms with Gasteiger partial charge in [0.05, 0.1) is 0 Å². The van der Waals surface area contributed by atoms with Gasteiger partial charge in [-0.2, -0.15) is 5.26 Å². The summed E-state index contributed by atoms with van der Waals surface area (Å²) in [5, 5.41) is 11.5.